The Balaban J connectivity index is 3.02. The first kappa shape index (κ1) is 18.0. The number of hydrogen-bond donors (Lipinski definition) is 4. The zero-order valence-electron chi connectivity index (χ0n) is 12.1. The highest BCUT2D eigenvalue weighted by atomic mass is 28.1. The summed E-state index contributed by atoms with van der Waals surface area (Å²) < 4.78 is 15.7. The molecule has 6 atom stereocenters. The third-order valence-corrected chi connectivity index (χ3v) is 4.40. The van der Waals surface area contributed by atoms with Crippen LogP contribution in [0.3, 0.4) is 0 Å². The van der Waals surface area contributed by atoms with Gasteiger partial charge in [0.1, 0.15) is 18.3 Å². The van der Waals surface area contributed by atoms with Crippen LogP contribution in [0, 0.1) is 0 Å². The Morgan fingerprint density at radius 3 is 2.52 bits per heavy atom. The van der Waals surface area contributed by atoms with Crippen molar-refractivity contribution in [1.82, 2.24) is 0 Å². The predicted octanol–water partition coefficient (Wildman–Crippen LogP) is -3.49. The molecule has 1 aliphatic heterocycles. The molecule has 0 amide bonds. The van der Waals surface area contributed by atoms with E-state index in [4.69, 9.17) is 25.1 Å². The molecule has 0 radical (unpaired) electrons. The molecule has 0 aliphatic carbocycles. The highest BCUT2D eigenvalue weighted by Gasteiger charge is 2.53. The van der Waals surface area contributed by atoms with Crippen molar-refractivity contribution in [2.24, 2.45) is 5.73 Å². The standard InChI is InChI=1S/C11H21NO8Si/c1-4(10(16)17)18-8-7(15)6(3-13)20-11(21,9(8)12)19-5(2)14/h4,6-9,13,15H,3,12H2,1-2,21H3,(H,16,17)/t4?,6-,7-,8+,9-,11?/m1/s1. The molecule has 5 N–H and O–H groups in total. The minimum atomic E-state index is -1.51. The summed E-state index contributed by atoms with van der Waals surface area (Å²) in [7, 11) is 0.141. The van der Waals surface area contributed by atoms with E-state index < -0.39 is 54.4 Å². The molecule has 1 fully saturated rings. The Bertz CT molecular complexity index is 408. The van der Waals surface area contributed by atoms with Crippen molar-refractivity contribution in [3.05, 3.63) is 0 Å². The van der Waals surface area contributed by atoms with Gasteiger partial charge in [-0.2, -0.15) is 0 Å². The monoisotopic (exact) mass is 323 g/mol. The number of carboxylic acids is 1. The molecule has 10 heteroatoms. The summed E-state index contributed by atoms with van der Waals surface area (Å²) in [5, 5.41) is 28.2. The molecule has 0 aromatic rings. The average Bonchev–Trinajstić information content (AvgIpc) is 2.38. The van der Waals surface area contributed by atoms with Crippen LogP contribution >= 0.6 is 0 Å². The summed E-state index contributed by atoms with van der Waals surface area (Å²) in [6, 6.07) is -1.08. The largest absolute Gasteiger partial charge is 0.479 e. The summed E-state index contributed by atoms with van der Waals surface area (Å²) >= 11 is 0. The molecular weight excluding hydrogens is 302 g/mol. The molecule has 0 saturated carbocycles. The molecule has 9 nitrogen and oxygen atoms in total. The molecule has 21 heavy (non-hydrogen) atoms. The van der Waals surface area contributed by atoms with E-state index in [1.165, 1.54) is 13.8 Å². The van der Waals surface area contributed by atoms with Gasteiger partial charge in [0.2, 0.25) is 5.41 Å². The number of ether oxygens (including phenoxy) is 3. The quantitative estimate of drug-likeness (QED) is 0.299. The number of hydrogen-bond acceptors (Lipinski definition) is 8. The SMILES string of the molecule is CC(=O)OC1([SiH3])O[C@H](CO)[C@@H](O)[C@H](OC(C)C(=O)O)[C@H]1N. The second kappa shape index (κ2) is 6.81. The fourth-order valence-corrected chi connectivity index (χ4v) is 3.07. The smallest absolute Gasteiger partial charge is 0.332 e. The zero-order chi connectivity index (χ0) is 16.4. The Morgan fingerprint density at radius 1 is 1.52 bits per heavy atom. The molecular formula is C11H21NO8Si. The minimum absolute atomic E-state index is 0.141. The Kier molecular flexibility index (Phi) is 5.84. The van der Waals surface area contributed by atoms with Gasteiger partial charge in [-0.3, -0.25) is 4.79 Å². The van der Waals surface area contributed by atoms with Gasteiger partial charge in [0, 0.05) is 6.92 Å². The van der Waals surface area contributed by atoms with Crippen molar-refractivity contribution in [3.63, 3.8) is 0 Å². The van der Waals surface area contributed by atoms with Gasteiger partial charge in [0.15, 0.2) is 6.10 Å². The van der Waals surface area contributed by atoms with Crippen LogP contribution in [0.1, 0.15) is 13.8 Å². The van der Waals surface area contributed by atoms with Gasteiger partial charge in [0.25, 0.3) is 0 Å². The van der Waals surface area contributed by atoms with Crippen molar-refractivity contribution >= 4 is 22.2 Å². The maximum Gasteiger partial charge on any atom is 0.332 e. The summed E-state index contributed by atoms with van der Waals surface area (Å²) in [6.07, 6.45) is -4.81. The van der Waals surface area contributed by atoms with E-state index in [9.17, 15) is 19.8 Å². The van der Waals surface area contributed by atoms with E-state index in [0.29, 0.717) is 0 Å². The topological polar surface area (TPSA) is 149 Å². The lowest BCUT2D eigenvalue weighted by Crippen LogP contribution is -2.71. The highest BCUT2D eigenvalue weighted by Crippen LogP contribution is 2.30. The molecule has 0 aromatic heterocycles. The second-order valence-corrected chi connectivity index (χ2v) is 6.44. The Morgan fingerprint density at radius 2 is 2.10 bits per heavy atom. The molecule has 1 rings (SSSR count). The summed E-state index contributed by atoms with van der Waals surface area (Å²) in [5.41, 5.74) is 4.42. The first-order valence-electron chi connectivity index (χ1n) is 6.42. The lowest BCUT2D eigenvalue weighted by atomic mass is 9.96. The number of rotatable bonds is 5. The number of aliphatic carboxylic acids is 1. The molecule has 0 spiro atoms. The number of carbonyl (C=O) groups excluding carboxylic acids is 1. The second-order valence-electron chi connectivity index (χ2n) is 5.05. The van der Waals surface area contributed by atoms with Crippen LogP contribution < -0.4 is 5.73 Å². The third-order valence-electron chi connectivity index (χ3n) is 3.30. The van der Waals surface area contributed by atoms with E-state index in [1.54, 1.807) is 0 Å². The predicted molar refractivity (Wildman–Crippen MR) is 72.3 cm³/mol. The normalized spacial score (nSPS) is 38.0. The fourth-order valence-electron chi connectivity index (χ4n) is 2.15. The first-order valence-corrected chi connectivity index (χ1v) is 7.42. The summed E-state index contributed by atoms with van der Waals surface area (Å²) in [4.78, 5) is 22.1. The van der Waals surface area contributed by atoms with Crippen molar-refractivity contribution < 1.29 is 39.1 Å². The van der Waals surface area contributed by atoms with E-state index >= 15 is 0 Å². The van der Waals surface area contributed by atoms with E-state index in [-0.39, 0.29) is 10.2 Å². The minimum Gasteiger partial charge on any atom is -0.479 e. The van der Waals surface area contributed by atoms with E-state index in [1.807, 2.05) is 0 Å². The number of aliphatic hydroxyl groups is 2. The average molecular weight is 323 g/mol. The lowest BCUT2D eigenvalue weighted by Gasteiger charge is -2.48. The number of aliphatic hydroxyl groups excluding tert-OH is 2. The van der Waals surface area contributed by atoms with Gasteiger partial charge in [0.05, 0.1) is 22.9 Å². The molecule has 1 saturated heterocycles. The van der Waals surface area contributed by atoms with Crippen LogP contribution in [-0.4, -0.2) is 80.0 Å². The van der Waals surface area contributed by atoms with Gasteiger partial charge in [-0.25, -0.2) is 4.79 Å². The number of carboxylic acid groups (broad SMARTS) is 1. The molecule has 122 valence electrons. The Labute approximate surface area is 124 Å². The fraction of sp³-hybridized carbons (Fsp3) is 0.818. The van der Waals surface area contributed by atoms with Gasteiger partial charge < -0.3 is 35.3 Å². The van der Waals surface area contributed by atoms with Gasteiger partial charge in [-0.1, -0.05) is 0 Å². The Hall–Kier alpha value is -1.04. The maximum absolute atomic E-state index is 11.2. The summed E-state index contributed by atoms with van der Waals surface area (Å²) in [6.45, 7) is 1.90. The van der Waals surface area contributed by atoms with E-state index in [2.05, 4.69) is 0 Å². The molecule has 1 aliphatic rings. The molecule has 1 heterocycles. The van der Waals surface area contributed by atoms with Crippen LogP contribution in [0.2, 0.25) is 0 Å². The first-order chi connectivity index (χ1) is 9.62. The van der Waals surface area contributed by atoms with E-state index in [0.717, 1.165) is 0 Å². The van der Waals surface area contributed by atoms with Crippen LogP contribution in [0.5, 0.6) is 0 Å². The van der Waals surface area contributed by atoms with Crippen LogP contribution in [0.4, 0.5) is 0 Å². The molecule has 0 aromatic carbocycles. The van der Waals surface area contributed by atoms with Crippen molar-refractivity contribution in [2.75, 3.05) is 6.61 Å². The van der Waals surface area contributed by atoms with Gasteiger partial charge in [-0.05, 0) is 6.92 Å². The zero-order valence-corrected chi connectivity index (χ0v) is 14.1. The van der Waals surface area contributed by atoms with Gasteiger partial charge >= 0.3 is 11.9 Å². The molecule has 0 bridgehead atoms. The number of nitrogens with two attached hydrogens (primary N) is 1. The number of esters is 1. The molecule has 2 unspecified atom stereocenters. The number of carbonyl (C=O) groups is 2. The van der Waals surface area contributed by atoms with Crippen molar-refractivity contribution in [1.29, 1.82) is 0 Å². The van der Waals surface area contributed by atoms with Crippen molar-refractivity contribution in [3.8, 4) is 0 Å². The highest BCUT2D eigenvalue weighted by molar-refractivity contribution is 6.14. The van der Waals surface area contributed by atoms with Crippen molar-refractivity contribution in [2.45, 2.75) is 49.7 Å². The van der Waals surface area contributed by atoms with Crippen LogP contribution in [0.25, 0.3) is 0 Å². The van der Waals surface area contributed by atoms with Crippen LogP contribution in [0.15, 0.2) is 0 Å². The van der Waals surface area contributed by atoms with Crippen LogP contribution in [-0.2, 0) is 23.8 Å². The summed E-state index contributed by atoms with van der Waals surface area (Å²) in [5.74, 6) is -1.87. The maximum atomic E-state index is 11.2. The third kappa shape index (κ3) is 3.99. The van der Waals surface area contributed by atoms with Gasteiger partial charge in [-0.15, -0.1) is 0 Å². The lowest BCUT2D eigenvalue weighted by molar-refractivity contribution is -0.290.